The van der Waals surface area contributed by atoms with Crippen LogP contribution in [0.25, 0.3) is 11.4 Å². The maximum absolute atomic E-state index is 12.1. The van der Waals surface area contributed by atoms with Crippen molar-refractivity contribution < 1.29 is 18.6 Å². The van der Waals surface area contributed by atoms with Crippen molar-refractivity contribution in [1.29, 1.82) is 0 Å². The lowest BCUT2D eigenvalue weighted by Crippen LogP contribution is -2.14. The van der Waals surface area contributed by atoms with Crippen molar-refractivity contribution >= 4 is 0 Å². The first-order valence-electron chi connectivity index (χ1n) is 6.34. The Morgan fingerprint density at radius 2 is 2.00 bits per heavy atom. The Kier molecular flexibility index (Phi) is 4.68. The standard InChI is InChI=1S/C14H16F2N2O2/c1-2-11(19)9-18-8-7-17-13(18)10-3-5-12(6-4-10)20-14(15)16/h3-8,11,14,19H,2,9H2,1H3/t11-/m1/s1. The summed E-state index contributed by atoms with van der Waals surface area (Å²) in [6, 6.07) is 6.26. The molecule has 1 atom stereocenters. The molecule has 0 radical (unpaired) electrons. The second-order valence-corrected chi connectivity index (χ2v) is 4.37. The average molecular weight is 282 g/mol. The molecule has 0 unspecified atom stereocenters. The fraction of sp³-hybridized carbons (Fsp3) is 0.357. The summed E-state index contributed by atoms with van der Waals surface area (Å²) >= 11 is 0. The molecule has 0 bridgehead atoms. The number of alkyl halides is 2. The van der Waals surface area contributed by atoms with Crippen LogP contribution < -0.4 is 4.74 Å². The van der Waals surface area contributed by atoms with E-state index in [0.29, 0.717) is 18.8 Å². The van der Waals surface area contributed by atoms with Crippen LogP contribution in [0, 0.1) is 0 Å². The van der Waals surface area contributed by atoms with Crippen molar-refractivity contribution in [2.24, 2.45) is 0 Å². The lowest BCUT2D eigenvalue weighted by atomic mass is 10.2. The first-order valence-corrected chi connectivity index (χ1v) is 6.34. The molecule has 108 valence electrons. The van der Waals surface area contributed by atoms with Crippen LogP contribution in [-0.4, -0.2) is 27.4 Å². The van der Waals surface area contributed by atoms with Gasteiger partial charge in [-0.3, -0.25) is 0 Å². The van der Waals surface area contributed by atoms with Crippen LogP contribution in [-0.2, 0) is 6.54 Å². The number of halogens is 2. The van der Waals surface area contributed by atoms with Gasteiger partial charge in [0.05, 0.1) is 12.6 Å². The lowest BCUT2D eigenvalue weighted by molar-refractivity contribution is -0.0498. The smallest absolute Gasteiger partial charge is 0.387 e. The predicted octanol–water partition coefficient (Wildman–Crippen LogP) is 2.92. The molecular formula is C14H16F2N2O2. The maximum atomic E-state index is 12.1. The Morgan fingerprint density at radius 1 is 1.30 bits per heavy atom. The first kappa shape index (κ1) is 14.5. The van der Waals surface area contributed by atoms with E-state index in [1.165, 1.54) is 12.1 Å². The summed E-state index contributed by atoms with van der Waals surface area (Å²) in [6.07, 6.45) is 3.63. The Morgan fingerprint density at radius 3 is 2.60 bits per heavy atom. The predicted molar refractivity (Wildman–Crippen MR) is 70.6 cm³/mol. The number of aromatic nitrogens is 2. The zero-order valence-corrected chi connectivity index (χ0v) is 11.0. The number of aliphatic hydroxyl groups excluding tert-OH is 1. The second-order valence-electron chi connectivity index (χ2n) is 4.37. The quantitative estimate of drug-likeness (QED) is 0.886. The molecule has 0 aliphatic heterocycles. The van der Waals surface area contributed by atoms with E-state index >= 15 is 0 Å². The van der Waals surface area contributed by atoms with Gasteiger partial charge in [-0.1, -0.05) is 6.92 Å². The summed E-state index contributed by atoms with van der Waals surface area (Å²) in [5.41, 5.74) is 0.778. The van der Waals surface area contributed by atoms with Crippen molar-refractivity contribution in [1.82, 2.24) is 9.55 Å². The maximum Gasteiger partial charge on any atom is 0.387 e. The summed E-state index contributed by atoms with van der Waals surface area (Å²) in [6.45, 7) is -0.485. The fourth-order valence-corrected chi connectivity index (χ4v) is 1.86. The first-order chi connectivity index (χ1) is 9.60. The van der Waals surface area contributed by atoms with Crippen LogP contribution in [0.1, 0.15) is 13.3 Å². The van der Waals surface area contributed by atoms with Gasteiger partial charge >= 0.3 is 6.61 Å². The van der Waals surface area contributed by atoms with E-state index in [1.54, 1.807) is 24.5 Å². The molecule has 0 fully saturated rings. The molecule has 4 nitrogen and oxygen atoms in total. The molecule has 2 aromatic rings. The number of benzene rings is 1. The number of nitrogens with zero attached hydrogens (tertiary/aromatic N) is 2. The largest absolute Gasteiger partial charge is 0.435 e. The molecule has 1 N–H and O–H groups in total. The molecule has 0 saturated carbocycles. The van der Waals surface area contributed by atoms with Gasteiger partial charge in [0, 0.05) is 18.0 Å². The van der Waals surface area contributed by atoms with E-state index in [1.807, 2.05) is 11.5 Å². The molecule has 0 amide bonds. The van der Waals surface area contributed by atoms with Crippen LogP contribution in [0.15, 0.2) is 36.7 Å². The highest BCUT2D eigenvalue weighted by atomic mass is 19.3. The molecule has 0 aliphatic carbocycles. The molecule has 1 aromatic heterocycles. The van der Waals surface area contributed by atoms with Crippen molar-refractivity contribution in [2.45, 2.75) is 32.6 Å². The number of hydrogen-bond donors (Lipinski definition) is 1. The van der Waals surface area contributed by atoms with Crippen molar-refractivity contribution in [2.75, 3.05) is 0 Å². The van der Waals surface area contributed by atoms with Gasteiger partial charge < -0.3 is 14.4 Å². The molecule has 20 heavy (non-hydrogen) atoms. The van der Waals surface area contributed by atoms with Crippen LogP contribution >= 0.6 is 0 Å². The van der Waals surface area contributed by atoms with Crippen molar-refractivity contribution in [3.05, 3.63) is 36.7 Å². The van der Waals surface area contributed by atoms with Gasteiger partial charge in [0.2, 0.25) is 0 Å². The van der Waals surface area contributed by atoms with Crippen molar-refractivity contribution in [3.8, 4) is 17.1 Å². The number of rotatable bonds is 6. The van der Waals surface area contributed by atoms with Gasteiger partial charge in [-0.25, -0.2) is 4.98 Å². The van der Waals surface area contributed by atoms with E-state index in [9.17, 15) is 13.9 Å². The normalized spacial score (nSPS) is 12.7. The average Bonchev–Trinajstić information content (AvgIpc) is 2.87. The minimum atomic E-state index is -2.83. The Labute approximate surface area is 115 Å². The highest BCUT2D eigenvalue weighted by Crippen LogP contribution is 2.22. The third-order valence-electron chi connectivity index (χ3n) is 2.93. The summed E-state index contributed by atoms with van der Waals surface area (Å²) in [5, 5.41) is 9.69. The van der Waals surface area contributed by atoms with Gasteiger partial charge in [-0.15, -0.1) is 0 Å². The monoisotopic (exact) mass is 282 g/mol. The van der Waals surface area contributed by atoms with Crippen LogP contribution in [0.4, 0.5) is 8.78 Å². The number of imidazole rings is 1. The topological polar surface area (TPSA) is 47.3 Å². The number of aliphatic hydroxyl groups is 1. The Hall–Kier alpha value is -1.95. The van der Waals surface area contributed by atoms with E-state index in [2.05, 4.69) is 9.72 Å². The van der Waals surface area contributed by atoms with Crippen molar-refractivity contribution in [3.63, 3.8) is 0 Å². The Bertz CT molecular complexity index is 540. The van der Waals surface area contributed by atoms with Gasteiger partial charge in [-0.2, -0.15) is 8.78 Å². The van der Waals surface area contributed by atoms with Gasteiger partial charge in [0.25, 0.3) is 0 Å². The zero-order valence-electron chi connectivity index (χ0n) is 11.0. The molecule has 0 spiro atoms. The van der Waals surface area contributed by atoms with E-state index in [4.69, 9.17) is 0 Å². The molecule has 1 aromatic carbocycles. The molecular weight excluding hydrogens is 266 g/mol. The lowest BCUT2D eigenvalue weighted by Gasteiger charge is -2.12. The van der Waals surface area contributed by atoms with E-state index < -0.39 is 12.7 Å². The minimum Gasteiger partial charge on any atom is -0.435 e. The number of hydrogen-bond acceptors (Lipinski definition) is 3. The molecule has 0 aliphatic rings. The molecule has 0 saturated heterocycles. The highest BCUT2D eigenvalue weighted by molar-refractivity contribution is 5.56. The third-order valence-corrected chi connectivity index (χ3v) is 2.93. The van der Waals surface area contributed by atoms with Gasteiger partial charge in [0.15, 0.2) is 0 Å². The summed E-state index contributed by atoms with van der Waals surface area (Å²) in [4.78, 5) is 4.23. The second kappa shape index (κ2) is 6.47. The SMILES string of the molecule is CC[C@@H](O)Cn1ccnc1-c1ccc(OC(F)F)cc1. The molecule has 1 heterocycles. The zero-order chi connectivity index (χ0) is 14.5. The van der Waals surface area contributed by atoms with E-state index in [0.717, 1.165) is 5.56 Å². The Balaban J connectivity index is 2.17. The summed E-state index contributed by atoms with van der Waals surface area (Å²) in [5.74, 6) is 0.788. The van der Waals surface area contributed by atoms with Gasteiger partial charge in [-0.05, 0) is 30.7 Å². The number of ether oxygens (including phenoxy) is 1. The minimum absolute atomic E-state index is 0.107. The highest BCUT2D eigenvalue weighted by Gasteiger charge is 2.10. The molecule has 2 rings (SSSR count). The summed E-state index contributed by atoms with van der Waals surface area (Å²) < 4.78 is 30.3. The fourth-order valence-electron chi connectivity index (χ4n) is 1.86. The third kappa shape index (κ3) is 3.54. The summed E-state index contributed by atoms with van der Waals surface area (Å²) in [7, 11) is 0. The molecule has 6 heteroatoms. The van der Waals surface area contributed by atoms with Crippen LogP contribution in [0.5, 0.6) is 5.75 Å². The van der Waals surface area contributed by atoms with E-state index in [-0.39, 0.29) is 5.75 Å². The van der Waals surface area contributed by atoms with Crippen LogP contribution in [0.3, 0.4) is 0 Å². The van der Waals surface area contributed by atoms with Gasteiger partial charge in [0.1, 0.15) is 11.6 Å². The van der Waals surface area contributed by atoms with Crippen LogP contribution in [0.2, 0.25) is 0 Å².